The molecule has 0 spiro atoms. The topological polar surface area (TPSA) is 52.6 Å². The average Bonchev–Trinajstić information content (AvgIpc) is 2.23. The van der Waals surface area contributed by atoms with Gasteiger partial charge in [0.2, 0.25) is 0 Å². The molecule has 0 aromatic carbocycles. The molecule has 112 valence electrons. The summed E-state index contributed by atoms with van der Waals surface area (Å²) in [5.41, 5.74) is 0. The molecule has 2 aliphatic carbocycles. The molecule has 0 atom stereocenters. The van der Waals surface area contributed by atoms with Gasteiger partial charge in [0.25, 0.3) is 0 Å². The van der Waals surface area contributed by atoms with Crippen molar-refractivity contribution < 1.29 is 17.9 Å². The van der Waals surface area contributed by atoms with Gasteiger partial charge in [0.15, 0.2) is 9.84 Å². The Bertz CT molecular complexity index is 316. The Morgan fingerprint density at radius 1 is 0.789 bits per heavy atom. The summed E-state index contributed by atoms with van der Waals surface area (Å²) in [5, 5.41) is 0. The predicted octanol–water partition coefficient (Wildman–Crippen LogP) is 2.03. The first kappa shape index (κ1) is 15.3. The molecule has 0 N–H and O–H groups in total. The van der Waals surface area contributed by atoms with E-state index in [2.05, 4.69) is 0 Å². The molecule has 0 radical (unpaired) electrons. The standard InChI is InChI=1S/C14H26O4S/c15-19(16,9-7-17-11-13-3-1-4-13)10-8-18-12-14-5-2-6-14/h13-14H,1-12H2. The highest BCUT2D eigenvalue weighted by Crippen LogP contribution is 2.26. The van der Waals surface area contributed by atoms with Crippen molar-refractivity contribution in [1.29, 1.82) is 0 Å². The predicted molar refractivity (Wildman–Crippen MR) is 75.0 cm³/mol. The van der Waals surface area contributed by atoms with Crippen LogP contribution in [0.3, 0.4) is 0 Å². The summed E-state index contributed by atoms with van der Waals surface area (Å²) in [6.45, 7) is 2.13. The van der Waals surface area contributed by atoms with Crippen LogP contribution in [0.2, 0.25) is 0 Å². The third kappa shape index (κ3) is 5.79. The first-order valence-corrected chi connectivity index (χ1v) is 9.34. The van der Waals surface area contributed by atoms with Gasteiger partial charge in [-0.2, -0.15) is 0 Å². The van der Waals surface area contributed by atoms with Crippen molar-refractivity contribution in [3.05, 3.63) is 0 Å². The van der Waals surface area contributed by atoms with Crippen LogP contribution in [0.4, 0.5) is 0 Å². The van der Waals surface area contributed by atoms with Crippen LogP contribution >= 0.6 is 0 Å². The molecule has 0 amide bonds. The summed E-state index contributed by atoms with van der Waals surface area (Å²) in [7, 11) is -3.00. The Hall–Kier alpha value is -0.130. The third-order valence-electron chi connectivity index (χ3n) is 4.23. The van der Waals surface area contributed by atoms with Crippen LogP contribution in [0.5, 0.6) is 0 Å². The van der Waals surface area contributed by atoms with Crippen LogP contribution < -0.4 is 0 Å². The lowest BCUT2D eigenvalue weighted by Crippen LogP contribution is -2.24. The summed E-state index contributed by atoms with van der Waals surface area (Å²) in [6.07, 6.45) is 7.54. The molecule has 19 heavy (non-hydrogen) atoms. The van der Waals surface area contributed by atoms with E-state index in [1.807, 2.05) is 0 Å². The van der Waals surface area contributed by atoms with E-state index in [1.165, 1.54) is 38.5 Å². The molecule has 2 aliphatic rings. The zero-order valence-electron chi connectivity index (χ0n) is 11.7. The lowest BCUT2D eigenvalue weighted by atomic mass is 9.86. The van der Waals surface area contributed by atoms with E-state index in [9.17, 15) is 8.42 Å². The van der Waals surface area contributed by atoms with Gasteiger partial charge in [0, 0.05) is 13.2 Å². The maximum atomic E-state index is 11.7. The molecule has 0 saturated heterocycles. The zero-order valence-corrected chi connectivity index (χ0v) is 12.5. The minimum Gasteiger partial charge on any atom is -0.380 e. The van der Waals surface area contributed by atoms with Crippen molar-refractivity contribution >= 4 is 9.84 Å². The SMILES string of the molecule is O=S(=O)(CCOCC1CCC1)CCOCC1CCC1. The zero-order chi connectivity index (χ0) is 13.6. The van der Waals surface area contributed by atoms with Crippen molar-refractivity contribution in [3.8, 4) is 0 Å². The molecule has 2 rings (SSSR count). The van der Waals surface area contributed by atoms with E-state index in [-0.39, 0.29) is 11.5 Å². The highest BCUT2D eigenvalue weighted by Gasteiger charge is 2.19. The van der Waals surface area contributed by atoms with Crippen LogP contribution in [0, 0.1) is 11.8 Å². The van der Waals surface area contributed by atoms with Crippen LogP contribution in [-0.2, 0) is 19.3 Å². The summed E-state index contributed by atoms with van der Waals surface area (Å²) >= 11 is 0. The second-order valence-corrected chi connectivity index (χ2v) is 8.20. The van der Waals surface area contributed by atoms with Gasteiger partial charge in [-0.3, -0.25) is 0 Å². The minimum absolute atomic E-state index is 0.131. The van der Waals surface area contributed by atoms with Gasteiger partial charge in [-0.25, -0.2) is 8.42 Å². The maximum absolute atomic E-state index is 11.7. The molecular formula is C14H26O4S. The van der Waals surface area contributed by atoms with E-state index in [4.69, 9.17) is 9.47 Å². The molecule has 0 aliphatic heterocycles. The van der Waals surface area contributed by atoms with E-state index in [0.717, 1.165) is 13.2 Å². The first-order chi connectivity index (χ1) is 9.16. The molecule has 5 heteroatoms. The largest absolute Gasteiger partial charge is 0.380 e. The quantitative estimate of drug-likeness (QED) is 0.578. The lowest BCUT2D eigenvalue weighted by molar-refractivity contribution is 0.0775. The fraction of sp³-hybridized carbons (Fsp3) is 1.00. The van der Waals surface area contributed by atoms with Crippen LogP contribution in [0.15, 0.2) is 0 Å². The summed E-state index contributed by atoms with van der Waals surface area (Å²) in [6, 6.07) is 0. The Labute approximate surface area is 116 Å². The molecule has 0 aromatic heterocycles. The maximum Gasteiger partial charge on any atom is 0.154 e. The minimum atomic E-state index is -3.00. The van der Waals surface area contributed by atoms with E-state index in [1.54, 1.807) is 0 Å². The average molecular weight is 290 g/mol. The molecule has 0 aromatic rings. The monoisotopic (exact) mass is 290 g/mol. The van der Waals surface area contributed by atoms with Crippen LogP contribution in [0.25, 0.3) is 0 Å². The van der Waals surface area contributed by atoms with Gasteiger partial charge in [-0.1, -0.05) is 12.8 Å². The summed E-state index contributed by atoms with van der Waals surface area (Å²) < 4.78 is 34.3. The van der Waals surface area contributed by atoms with Crippen molar-refractivity contribution in [3.63, 3.8) is 0 Å². The van der Waals surface area contributed by atoms with E-state index < -0.39 is 9.84 Å². The van der Waals surface area contributed by atoms with Crippen LogP contribution in [0.1, 0.15) is 38.5 Å². The van der Waals surface area contributed by atoms with Gasteiger partial charge in [0.05, 0.1) is 24.7 Å². The summed E-state index contributed by atoms with van der Waals surface area (Å²) in [5.74, 6) is 1.61. The molecule has 4 nitrogen and oxygen atoms in total. The number of hydrogen-bond donors (Lipinski definition) is 0. The van der Waals surface area contributed by atoms with Crippen molar-refractivity contribution in [2.24, 2.45) is 11.8 Å². The fourth-order valence-electron chi connectivity index (χ4n) is 2.29. The van der Waals surface area contributed by atoms with Crippen molar-refractivity contribution in [2.75, 3.05) is 37.9 Å². The Morgan fingerprint density at radius 3 is 1.53 bits per heavy atom. The molecule has 0 unspecified atom stereocenters. The number of sulfone groups is 1. The van der Waals surface area contributed by atoms with Crippen LogP contribution in [-0.4, -0.2) is 46.4 Å². The van der Waals surface area contributed by atoms with Crippen molar-refractivity contribution in [1.82, 2.24) is 0 Å². The summed E-state index contributed by atoms with van der Waals surface area (Å²) in [4.78, 5) is 0. The normalized spacial score (nSPS) is 21.1. The number of ether oxygens (including phenoxy) is 2. The highest BCUT2D eigenvalue weighted by molar-refractivity contribution is 7.91. The third-order valence-corrected chi connectivity index (χ3v) is 5.81. The Balaban J connectivity index is 1.45. The Kier molecular flexibility index (Phi) is 6.10. The fourth-order valence-corrected chi connectivity index (χ4v) is 3.24. The smallest absolute Gasteiger partial charge is 0.154 e. The van der Waals surface area contributed by atoms with Crippen molar-refractivity contribution in [2.45, 2.75) is 38.5 Å². The van der Waals surface area contributed by atoms with E-state index >= 15 is 0 Å². The Morgan fingerprint density at radius 2 is 1.21 bits per heavy atom. The van der Waals surface area contributed by atoms with E-state index in [0.29, 0.717) is 25.0 Å². The first-order valence-electron chi connectivity index (χ1n) is 7.51. The second-order valence-electron chi connectivity index (χ2n) is 5.90. The molecular weight excluding hydrogens is 264 g/mol. The number of hydrogen-bond acceptors (Lipinski definition) is 4. The molecule has 0 bridgehead atoms. The van der Waals surface area contributed by atoms with Gasteiger partial charge in [-0.15, -0.1) is 0 Å². The molecule has 2 saturated carbocycles. The highest BCUT2D eigenvalue weighted by atomic mass is 32.2. The van der Waals surface area contributed by atoms with Gasteiger partial charge < -0.3 is 9.47 Å². The second kappa shape index (κ2) is 7.60. The number of rotatable bonds is 10. The van der Waals surface area contributed by atoms with Gasteiger partial charge in [0.1, 0.15) is 0 Å². The van der Waals surface area contributed by atoms with Gasteiger partial charge >= 0.3 is 0 Å². The molecule has 0 heterocycles. The lowest BCUT2D eigenvalue weighted by Gasteiger charge is -2.25. The molecule has 2 fully saturated rings. The van der Waals surface area contributed by atoms with Gasteiger partial charge in [-0.05, 0) is 37.5 Å².